The molecule has 0 amide bonds. The molecule has 21 heteroatoms. The number of hydrogen-bond donors (Lipinski definition) is 0. The van der Waals surface area contributed by atoms with Gasteiger partial charge in [-0.15, -0.1) is 0 Å². The zero-order valence-corrected chi connectivity index (χ0v) is 72.1. The number of para-hydroxylation sites is 1. The zero-order valence-electron chi connectivity index (χ0n) is 72.1. The summed E-state index contributed by atoms with van der Waals surface area (Å²) in [6.07, 6.45) is -20.1. The summed E-state index contributed by atoms with van der Waals surface area (Å²) in [7, 11) is 0. The Balaban J connectivity index is 0.761. The van der Waals surface area contributed by atoms with Gasteiger partial charge in [-0.25, -0.2) is 19.9 Å². The topological polar surface area (TPSA) is 133 Å². The highest BCUT2D eigenvalue weighted by Crippen LogP contribution is 2.54. The molecule has 4 aromatic heterocycles. The maximum atomic E-state index is 16.2. The Bertz CT molecular complexity index is 8340. The van der Waals surface area contributed by atoms with Gasteiger partial charge in [-0.05, 0) is 201 Å². The molecule has 9 nitrogen and oxygen atoms in total. The Labute approximate surface area is 781 Å². The molecule has 17 aromatic carbocycles. The lowest BCUT2D eigenvalue weighted by Crippen LogP contribution is -2.11. The number of hydrogen-bond acceptors (Lipinski definition) is 7. The summed E-state index contributed by atoms with van der Waals surface area (Å²) in [5, 5.41) is 34.9. The number of aromatic nitrogens is 6. The fourth-order valence-electron chi connectivity index (χ4n) is 18.8. The SMILES string of the molecule is N#Cc1cc(-c2ccc(C#N)c(-c3ccc4c(c3)c3cc(-c5ccccc5C#N)ccc3n4-c3c(-c4ccccc4C(F)(F)F)cc(-c4nc(-c5ccccc5)cc(-c5ccccc5)n4)cc3-c3ccccc3C(F)(F)F)c2)cc(-c2ccc3c(c2)c2ccccc2n3-c2c(-c3ccccc3C(F)(F)F)cc(-c3nc(-c4ccccc4)cc(-c4ccccc4)n3)cc2-c2ccccc2C(F)(F)F)c1. The molecule has 21 rings (SSSR count). The molecular formula is C117H65F12N9. The Morgan fingerprint density at radius 2 is 0.478 bits per heavy atom. The number of alkyl halides is 12. The predicted octanol–water partition coefficient (Wildman–Crippen LogP) is 32.5. The minimum Gasteiger partial charge on any atom is -0.308 e. The first-order valence-electron chi connectivity index (χ1n) is 43.6. The molecule has 0 aliphatic rings. The molecule has 138 heavy (non-hydrogen) atoms. The molecule has 0 bridgehead atoms. The largest absolute Gasteiger partial charge is 0.417 e. The minimum atomic E-state index is -5.05. The second-order valence-corrected chi connectivity index (χ2v) is 33.2. The third-order valence-electron chi connectivity index (χ3n) is 25.0. The highest BCUT2D eigenvalue weighted by Gasteiger charge is 2.41. The molecule has 662 valence electrons. The first kappa shape index (κ1) is 86.8. The lowest BCUT2D eigenvalue weighted by Gasteiger charge is -2.24. The molecule has 21 aromatic rings. The molecule has 0 saturated heterocycles. The van der Waals surface area contributed by atoms with E-state index >= 15 is 52.7 Å². The number of fused-ring (bicyclic) bond motifs is 6. The fraction of sp³-hybridized carbons (Fsp3) is 0.0342. The number of benzene rings is 17. The van der Waals surface area contributed by atoms with Crippen LogP contribution in [0.4, 0.5) is 52.7 Å². The van der Waals surface area contributed by atoms with E-state index < -0.39 is 58.1 Å². The lowest BCUT2D eigenvalue weighted by atomic mass is 9.88. The van der Waals surface area contributed by atoms with Crippen LogP contribution < -0.4 is 0 Å². The van der Waals surface area contributed by atoms with Gasteiger partial charge in [0.05, 0.1) is 113 Å². The zero-order chi connectivity index (χ0) is 95.0. The molecule has 4 heterocycles. The van der Waals surface area contributed by atoms with E-state index in [-0.39, 0.29) is 84.2 Å². The molecule has 0 spiro atoms. The van der Waals surface area contributed by atoms with E-state index in [2.05, 4.69) is 18.2 Å². The molecule has 0 unspecified atom stereocenters. The molecular weight excluding hydrogens is 1760 g/mol. The summed E-state index contributed by atoms with van der Waals surface area (Å²) >= 11 is 0. The van der Waals surface area contributed by atoms with E-state index in [0.717, 1.165) is 24.3 Å². The van der Waals surface area contributed by atoms with Gasteiger partial charge in [-0.1, -0.05) is 255 Å². The summed E-state index contributed by atoms with van der Waals surface area (Å²) in [5.74, 6) is -0.0256. The third-order valence-corrected chi connectivity index (χ3v) is 25.0. The number of halogens is 12. The van der Waals surface area contributed by atoms with Crippen LogP contribution in [0.25, 0.3) is 212 Å². The van der Waals surface area contributed by atoms with Crippen molar-refractivity contribution in [3.63, 3.8) is 0 Å². The standard InChI is InChI=1S/C117H65F12N9/c118-114(119,120)98-40-20-15-35-85(98)94-60-82(112-133-102(70-25-5-1-6-26-70)64-103(134-112)71-27-7-2-8-28-71)61-95(86-36-16-21-41-99(86)115(121,122)123)110(94)137-106-44-24-19-39-89(106)91-57-75(47-50-107(91)137)81-54-69(66-130)53-80(55-81)74-45-46-79(68-132)90(56-74)77-49-52-109-93(59-77)92-58-76(84-34-14-13-33-78(84)67-131)48-51-108(92)138(109)111-96(87-37-17-22-42-100(87)116(124,125)126)62-83(63-97(111)88-38-18-23-43-101(88)117(127,128)129)113-135-104(72-29-9-3-10-30-72)65-105(136-113)73-31-11-4-12-32-73/h1-65H. The number of nitrogens with zero attached hydrogens (tertiary/aromatic N) is 9. The fourth-order valence-corrected chi connectivity index (χ4v) is 18.8. The van der Waals surface area contributed by atoms with Gasteiger partial charge in [0.15, 0.2) is 11.6 Å². The van der Waals surface area contributed by atoms with Crippen molar-refractivity contribution in [1.29, 1.82) is 15.8 Å². The smallest absolute Gasteiger partial charge is 0.308 e. The third kappa shape index (κ3) is 16.0. The maximum Gasteiger partial charge on any atom is 0.417 e. The average Bonchev–Trinajstić information content (AvgIpc) is 1.45. The number of rotatable bonds is 16. The number of nitriles is 3. The minimum absolute atomic E-state index is 0.000803. The van der Waals surface area contributed by atoms with Crippen LogP contribution >= 0.6 is 0 Å². The van der Waals surface area contributed by atoms with Gasteiger partial charge in [-0.2, -0.15) is 68.5 Å². The predicted molar refractivity (Wildman–Crippen MR) is 517 cm³/mol. The van der Waals surface area contributed by atoms with Crippen molar-refractivity contribution in [2.75, 3.05) is 0 Å². The molecule has 0 aliphatic carbocycles. The molecule has 0 radical (unpaired) electrons. The van der Waals surface area contributed by atoms with Crippen LogP contribution in [0.3, 0.4) is 0 Å². The van der Waals surface area contributed by atoms with Crippen LogP contribution in [0.2, 0.25) is 0 Å². The van der Waals surface area contributed by atoms with Gasteiger partial charge < -0.3 is 9.13 Å². The van der Waals surface area contributed by atoms with Gasteiger partial charge in [0, 0.05) is 82.7 Å². The molecule has 0 aliphatic heterocycles. The Morgan fingerprint density at radius 3 is 0.848 bits per heavy atom. The normalized spacial score (nSPS) is 11.9. The molecule has 0 atom stereocenters. The molecule has 0 fully saturated rings. The van der Waals surface area contributed by atoms with Gasteiger partial charge in [0.2, 0.25) is 0 Å². The Kier molecular flexibility index (Phi) is 21.8. The van der Waals surface area contributed by atoms with E-state index in [1.165, 1.54) is 97.1 Å². The molecule has 0 saturated carbocycles. The first-order chi connectivity index (χ1) is 66.8. The second-order valence-electron chi connectivity index (χ2n) is 33.2. The van der Waals surface area contributed by atoms with Gasteiger partial charge >= 0.3 is 24.7 Å². The summed E-state index contributed by atoms with van der Waals surface area (Å²) in [4.78, 5) is 20.2. The van der Waals surface area contributed by atoms with Crippen molar-refractivity contribution < 1.29 is 52.7 Å². The van der Waals surface area contributed by atoms with Crippen molar-refractivity contribution in [2.45, 2.75) is 24.7 Å². The summed E-state index contributed by atoms with van der Waals surface area (Å²) in [6.45, 7) is 0. The second kappa shape index (κ2) is 34.6. The quantitative estimate of drug-likeness (QED) is 0.0880. The van der Waals surface area contributed by atoms with Crippen molar-refractivity contribution >= 4 is 43.6 Å². The van der Waals surface area contributed by atoms with Crippen molar-refractivity contribution in [3.8, 4) is 186 Å². The van der Waals surface area contributed by atoms with E-state index in [1.807, 2.05) is 133 Å². The summed E-state index contributed by atoms with van der Waals surface area (Å²) in [5.41, 5.74) is 3.52. The van der Waals surface area contributed by atoms with E-state index in [9.17, 15) is 15.8 Å². The average molecular weight is 1820 g/mol. The van der Waals surface area contributed by atoms with Gasteiger partial charge in [0.25, 0.3) is 0 Å². The summed E-state index contributed by atoms with van der Waals surface area (Å²) in [6, 6.07) is 112. The Morgan fingerprint density at radius 1 is 0.196 bits per heavy atom. The lowest BCUT2D eigenvalue weighted by molar-refractivity contribution is -0.137. The van der Waals surface area contributed by atoms with Gasteiger partial charge in [-0.3, -0.25) is 0 Å². The summed E-state index contributed by atoms with van der Waals surface area (Å²) < 4.78 is 197. The van der Waals surface area contributed by atoms with Crippen molar-refractivity contribution in [2.24, 2.45) is 0 Å². The van der Waals surface area contributed by atoms with Crippen molar-refractivity contribution in [1.82, 2.24) is 29.1 Å². The highest BCUT2D eigenvalue weighted by atomic mass is 19.4. The van der Waals surface area contributed by atoms with E-state index in [0.29, 0.717) is 133 Å². The van der Waals surface area contributed by atoms with E-state index in [1.54, 1.807) is 149 Å². The van der Waals surface area contributed by atoms with Crippen LogP contribution in [-0.4, -0.2) is 29.1 Å². The van der Waals surface area contributed by atoms with Crippen LogP contribution in [0.5, 0.6) is 0 Å². The monoisotopic (exact) mass is 1820 g/mol. The van der Waals surface area contributed by atoms with E-state index in [4.69, 9.17) is 19.9 Å². The first-order valence-corrected chi connectivity index (χ1v) is 43.6. The Hall–Kier alpha value is -17.9. The van der Waals surface area contributed by atoms with Crippen molar-refractivity contribution in [3.05, 3.63) is 433 Å². The molecule has 0 N–H and O–H groups in total. The van der Waals surface area contributed by atoms with Crippen LogP contribution in [-0.2, 0) is 24.7 Å². The highest BCUT2D eigenvalue weighted by molar-refractivity contribution is 6.15. The van der Waals surface area contributed by atoms with Gasteiger partial charge in [0.1, 0.15) is 0 Å². The maximum absolute atomic E-state index is 16.2. The van der Waals surface area contributed by atoms with Crippen LogP contribution in [0, 0.1) is 34.0 Å². The van der Waals surface area contributed by atoms with Crippen LogP contribution in [0.1, 0.15) is 38.9 Å². The van der Waals surface area contributed by atoms with Crippen LogP contribution in [0.15, 0.2) is 394 Å².